The Kier molecular flexibility index (Phi) is 3.24. The SMILES string of the molecule is CC(C)c1ccc(N[C@@H]2CC(=O)N(C3CC3)C2=O)cc1. The van der Waals surface area contributed by atoms with Gasteiger partial charge in [-0.25, -0.2) is 0 Å². The summed E-state index contributed by atoms with van der Waals surface area (Å²) in [5, 5.41) is 3.19. The number of carbonyl (C=O) groups is 2. The molecule has 0 spiro atoms. The number of anilines is 1. The number of benzene rings is 1. The normalized spacial score (nSPS) is 22.8. The van der Waals surface area contributed by atoms with E-state index >= 15 is 0 Å². The molecule has 3 rings (SSSR count). The van der Waals surface area contributed by atoms with Crippen LogP contribution in [0.2, 0.25) is 0 Å². The van der Waals surface area contributed by atoms with Crippen molar-refractivity contribution in [2.75, 3.05) is 5.32 Å². The Hall–Kier alpha value is -1.84. The summed E-state index contributed by atoms with van der Waals surface area (Å²) in [6.45, 7) is 4.30. The van der Waals surface area contributed by atoms with Crippen molar-refractivity contribution in [3.8, 4) is 0 Å². The first-order valence-electron chi connectivity index (χ1n) is 7.28. The third-order valence-electron chi connectivity index (χ3n) is 4.01. The molecule has 0 aromatic heterocycles. The molecule has 20 heavy (non-hydrogen) atoms. The van der Waals surface area contributed by atoms with E-state index in [0.717, 1.165) is 18.5 Å². The summed E-state index contributed by atoms with van der Waals surface area (Å²) in [5.41, 5.74) is 2.17. The smallest absolute Gasteiger partial charge is 0.252 e. The van der Waals surface area contributed by atoms with Crippen LogP contribution in [0.25, 0.3) is 0 Å². The molecule has 2 fully saturated rings. The second-order valence-corrected chi connectivity index (χ2v) is 6.01. The van der Waals surface area contributed by atoms with Gasteiger partial charge < -0.3 is 5.32 Å². The number of likely N-dealkylation sites (tertiary alicyclic amines) is 1. The van der Waals surface area contributed by atoms with Crippen molar-refractivity contribution in [2.24, 2.45) is 0 Å². The summed E-state index contributed by atoms with van der Waals surface area (Å²) in [5.74, 6) is 0.392. The largest absolute Gasteiger partial charge is 0.373 e. The lowest BCUT2D eigenvalue weighted by molar-refractivity contribution is -0.139. The van der Waals surface area contributed by atoms with Gasteiger partial charge in [0.1, 0.15) is 6.04 Å². The molecule has 2 aliphatic rings. The van der Waals surface area contributed by atoms with E-state index in [1.54, 1.807) is 0 Å². The van der Waals surface area contributed by atoms with Crippen LogP contribution in [0.4, 0.5) is 5.69 Å². The predicted octanol–water partition coefficient (Wildman–Crippen LogP) is 2.51. The molecular weight excluding hydrogens is 252 g/mol. The number of carbonyl (C=O) groups excluding carboxylic acids is 2. The van der Waals surface area contributed by atoms with Gasteiger partial charge in [0.25, 0.3) is 5.91 Å². The summed E-state index contributed by atoms with van der Waals surface area (Å²) in [6, 6.07) is 7.86. The van der Waals surface area contributed by atoms with Crippen LogP contribution in [-0.2, 0) is 9.59 Å². The molecule has 1 saturated heterocycles. The Morgan fingerprint density at radius 2 is 1.80 bits per heavy atom. The van der Waals surface area contributed by atoms with Crippen molar-refractivity contribution >= 4 is 17.5 Å². The highest BCUT2D eigenvalue weighted by molar-refractivity contribution is 6.07. The number of nitrogens with zero attached hydrogens (tertiary/aromatic N) is 1. The maximum absolute atomic E-state index is 12.2. The number of imide groups is 1. The molecule has 106 valence electrons. The van der Waals surface area contributed by atoms with Crippen LogP contribution in [0, 0.1) is 0 Å². The Morgan fingerprint density at radius 1 is 1.15 bits per heavy atom. The Bertz CT molecular complexity index is 532. The zero-order valence-corrected chi connectivity index (χ0v) is 11.9. The summed E-state index contributed by atoms with van der Waals surface area (Å²) in [7, 11) is 0. The van der Waals surface area contributed by atoms with Crippen LogP contribution >= 0.6 is 0 Å². The first-order valence-corrected chi connectivity index (χ1v) is 7.28. The molecule has 1 N–H and O–H groups in total. The van der Waals surface area contributed by atoms with Gasteiger partial charge >= 0.3 is 0 Å². The molecule has 1 aliphatic carbocycles. The molecule has 0 radical (unpaired) electrons. The van der Waals surface area contributed by atoms with Crippen LogP contribution in [0.15, 0.2) is 24.3 Å². The van der Waals surface area contributed by atoms with E-state index in [2.05, 4.69) is 31.3 Å². The molecule has 4 heteroatoms. The van der Waals surface area contributed by atoms with Crippen molar-refractivity contribution in [3.05, 3.63) is 29.8 Å². The Morgan fingerprint density at radius 3 is 2.35 bits per heavy atom. The monoisotopic (exact) mass is 272 g/mol. The fraction of sp³-hybridized carbons (Fsp3) is 0.500. The molecule has 2 amide bonds. The number of rotatable bonds is 4. The fourth-order valence-electron chi connectivity index (χ4n) is 2.65. The van der Waals surface area contributed by atoms with E-state index in [9.17, 15) is 9.59 Å². The van der Waals surface area contributed by atoms with E-state index < -0.39 is 6.04 Å². The van der Waals surface area contributed by atoms with Gasteiger partial charge in [-0.1, -0.05) is 26.0 Å². The maximum atomic E-state index is 12.2. The lowest BCUT2D eigenvalue weighted by Crippen LogP contribution is -2.36. The van der Waals surface area contributed by atoms with Gasteiger partial charge in [0.05, 0.1) is 6.42 Å². The third kappa shape index (κ3) is 2.42. The van der Waals surface area contributed by atoms with Crippen molar-refractivity contribution in [1.82, 2.24) is 4.90 Å². The molecule has 1 heterocycles. The predicted molar refractivity (Wildman–Crippen MR) is 77.4 cm³/mol. The number of amides is 2. The molecule has 1 saturated carbocycles. The summed E-state index contributed by atoms with van der Waals surface area (Å²) in [6.07, 6.45) is 2.21. The lowest BCUT2D eigenvalue weighted by atomic mass is 10.0. The second-order valence-electron chi connectivity index (χ2n) is 6.01. The van der Waals surface area contributed by atoms with Crippen molar-refractivity contribution in [1.29, 1.82) is 0 Å². The first-order chi connectivity index (χ1) is 9.56. The molecule has 1 aromatic carbocycles. The summed E-state index contributed by atoms with van der Waals surface area (Å²) < 4.78 is 0. The number of hydrogen-bond acceptors (Lipinski definition) is 3. The minimum absolute atomic E-state index is 0.0335. The van der Waals surface area contributed by atoms with Crippen LogP contribution in [0.5, 0.6) is 0 Å². The average Bonchev–Trinajstić information content (AvgIpc) is 3.19. The maximum Gasteiger partial charge on any atom is 0.252 e. The zero-order chi connectivity index (χ0) is 14.3. The van der Waals surface area contributed by atoms with Gasteiger partial charge in [0.15, 0.2) is 0 Å². The average molecular weight is 272 g/mol. The molecule has 4 nitrogen and oxygen atoms in total. The quantitative estimate of drug-likeness (QED) is 0.857. The summed E-state index contributed by atoms with van der Waals surface area (Å²) >= 11 is 0. The van der Waals surface area contributed by atoms with E-state index in [-0.39, 0.29) is 24.3 Å². The standard InChI is InChI=1S/C16H20N2O2/c1-10(2)11-3-5-12(6-4-11)17-14-9-15(19)18(16(14)20)13-7-8-13/h3-6,10,13-14,17H,7-9H2,1-2H3/t14-/m1/s1. The highest BCUT2D eigenvalue weighted by Gasteiger charge is 2.46. The highest BCUT2D eigenvalue weighted by Crippen LogP contribution is 2.32. The lowest BCUT2D eigenvalue weighted by Gasteiger charge is -2.15. The topological polar surface area (TPSA) is 49.4 Å². The molecule has 1 atom stereocenters. The van der Waals surface area contributed by atoms with Crippen LogP contribution in [0.1, 0.15) is 44.6 Å². The molecule has 0 unspecified atom stereocenters. The second kappa shape index (κ2) is 4.93. The van der Waals surface area contributed by atoms with Crippen molar-refractivity contribution in [2.45, 2.75) is 51.1 Å². The Labute approximate surface area is 119 Å². The minimum Gasteiger partial charge on any atom is -0.373 e. The van der Waals surface area contributed by atoms with Gasteiger partial charge in [0, 0.05) is 11.7 Å². The molecule has 1 aliphatic heterocycles. The molecule has 0 bridgehead atoms. The molecular formula is C16H20N2O2. The van der Waals surface area contributed by atoms with E-state index in [1.165, 1.54) is 10.5 Å². The summed E-state index contributed by atoms with van der Waals surface area (Å²) in [4.78, 5) is 25.6. The number of nitrogens with one attached hydrogen (secondary N) is 1. The number of hydrogen-bond donors (Lipinski definition) is 1. The van der Waals surface area contributed by atoms with E-state index in [4.69, 9.17) is 0 Å². The van der Waals surface area contributed by atoms with Gasteiger partial charge in [-0.2, -0.15) is 0 Å². The van der Waals surface area contributed by atoms with Crippen molar-refractivity contribution in [3.63, 3.8) is 0 Å². The van der Waals surface area contributed by atoms with Gasteiger partial charge in [-0.3, -0.25) is 14.5 Å². The van der Waals surface area contributed by atoms with Crippen molar-refractivity contribution < 1.29 is 9.59 Å². The zero-order valence-electron chi connectivity index (χ0n) is 11.9. The Balaban J connectivity index is 1.68. The minimum atomic E-state index is -0.395. The highest BCUT2D eigenvalue weighted by atomic mass is 16.2. The first kappa shape index (κ1) is 13.2. The van der Waals surface area contributed by atoms with Gasteiger partial charge in [-0.05, 0) is 36.5 Å². The van der Waals surface area contributed by atoms with Crippen LogP contribution < -0.4 is 5.32 Å². The third-order valence-corrected chi connectivity index (χ3v) is 4.01. The van der Waals surface area contributed by atoms with Gasteiger partial charge in [0.2, 0.25) is 5.91 Å². The molecule has 1 aromatic rings. The van der Waals surface area contributed by atoms with Gasteiger partial charge in [-0.15, -0.1) is 0 Å². The van der Waals surface area contributed by atoms with E-state index in [0.29, 0.717) is 5.92 Å². The fourth-order valence-corrected chi connectivity index (χ4v) is 2.65. The van der Waals surface area contributed by atoms with E-state index in [1.807, 2.05) is 12.1 Å². The van der Waals surface area contributed by atoms with Crippen LogP contribution in [0.3, 0.4) is 0 Å². The van der Waals surface area contributed by atoms with Crippen LogP contribution in [-0.4, -0.2) is 28.8 Å².